The predicted octanol–water partition coefficient (Wildman–Crippen LogP) is 2.86. The van der Waals surface area contributed by atoms with E-state index in [1.165, 1.54) is 9.75 Å². The number of carbonyl (C=O) groups is 1. The Bertz CT molecular complexity index is 408. The Morgan fingerprint density at radius 2 is 2.50 bits per heavy atom. The van der Waals surface area contributed by atoms with Crippen LogP contribution in [0.1, 0.15) is 22.1 Å². The van der Waals surface area contributed by atoms with E-state index in [9.17, 15) is 4.79 Å². The summed E-state index contributed by atoms with van der Waals surface area (Å²) in [6.45, 7) is 2.12. The molecular weight excluding hydrogens is 310 g/mol. The predicted molar refractivity (Wildman–Crippen MR) is 71.2 cm³/mol. The molecule has 2 heterocycles. The van der Waals surface area contributed by atoms with E-state index in [0.29, 0.717) is 5.75 Å². The molecule has 88 valence electrons. The monoisotopic (exact) mass is 321 g/mol. The van der Waals surface area contributed by atoms with Crippen molar-refractivity contribution in [2.75, 3.05) is 5.75 Å². The molecule has 3 nitrogen and oxygen atoms in total. The van der Waals surface area contributed by atoms with Gasteiger partial charge in [-0.25, -0.2) is 0 Å². The van der Waals surface area contributed by atoms with Crippen LogP contribution in [0, 0.1) is 0 Å². The molecule has 1 aliphatic rings. The molecular formula is C10H12BrNO2S2. The number of carboxylic acid groups (broad SMARTS) is 1. The van der Waals surface area contributed by atoms with E-state index in [-0.39, 0.29) is 5.37 Å². The van der Waals surface area contributed by atoms with Crippen LogP contribution in [-0.4, -0.2) is 22.9 Å². The van der Waals surface area contributed by atoms with Crippen molar-refractivity contribution >= 4 is 45.0 Å². The van der Waals surface area contributed by atoms with E-state index in [1.807, 2.05) is 0 Å². The SMILES string of the molecule is CCc1sc([C@H]2N[C@H](C(=O)O)CS2)cc1Br. The minimum Gasteiger partial charge on any atom is -0.480 e. The van der Waals surface area contributed by atoms with Crippen LogP contribution in [0.15, 0.2) is 10.5 Å². The number of nitrogens with one attached hydrogen (secondary N) is 1. The molecule has 1 aliphatic heterocycles. The van der Waals surface area contributed by atoms with Crippen LogP contribution >= 0.6 is 39.0 Å². The van der Waals surface area contributed by atoms with Gasteiger partial charge in [0.25, 0.3) is 0 Å². The second-order valence-electron chi connectivity index (χ2n) is 3.54. The first-order chi connectivity index (χ1) is 7.61. The molecule has 0 amide bonds. The number of halogens is 1. The van der Waals surface area contributed by atoms with Crippen molar-refractivity contribution in [2.24, 2.45) is 0 Å². The standard InChI is InChI=1S/C10H12BrNO2S2/c1-2-7-5(11)3-8(16-7)9-12-6(4-15-9)10(13)14/h3,6,9,12H,2,4H2,1H3,(H,13,14)/t6-,9-/m0/s1. The number of carboxylic acids is 1. The molecule has 0 saturated carbocycles. The average Bonchev–Trinajstić information content (AvgIpc) is 2.83. The highest BCUT2D eigenvalue weighted by Crippen LogP contribution is 2.39. The summed E-state index contributed by atoms with van der Waals surface area (Å²) in [6.07, 6.45) is 1.00. The molecule has 0 radical (unpaired) electrons. The summed E-state index contributed by atoms with van der Waals surface area (Å²) in [5.41, 5.74) is 0. The van der Waals surface area contributed by atoms with Gasteiger partial charge in [0.2, 0.25) is 0 Å². The van der Waals surface area contributed by atoms with E-state index in [4.69, 9.17) is 5.11 Å². The summed E-state index contributed by atoms with van der Waals surface area (Å²) in [6, 6.07) is 1.68. The molecule has 0 aromatic carbocycles. The zero-order valence-corrected chi connectivity index (χ0v) is 11.9. The Morgan fingerprint density at radius 1 is 1.75 bits per heavy atom. The summed E-state index contributed by atoms with van der Waals surface area (Å²) < 4.78 is 1.14. The van der Waals surface area contributed by atoms with Gasteiger partial charge in [0.05, 0.1) is 5.37 Å². The van der Waals surface area contributed by atoms with Crippen LogP contribution in [0.5, 0.6) is 0 Å². The number of aryl methyl sites for hydroxylation is 1. The number of rotatable bonds is 3. The summed E-state index contributed by atoms with van der Waals surface area (Å²) in [7, 11) is 0. The van der Waals surface area contributed by atoms with Gasteiger partial charge < -0.3 is 5.11 Å². The number of hydrogen-bond donors (Lipinski definition) is 2. The first-order valence-corrected chi connectivity index (χ1v) is 7.66. The molecule has 2 N–H and O–H groups in total. The molecule has 2 rings (SSSR count). The van der Waals surface area contributed by atoms with Gasteiger partial charge in [-0.15, -0.1) is 23.1 Å². The fourth-order valence-electron chi connectivity index (χ4n) is 1.57. The molecule has 0 spiro atoms. The molecule has 1 aromatic rings. The first kappa shape index (κ1) is 12.4. The molecule has 6 heteroatoms. The topological polar surface area (TPSA) is 49.3 Å². The van der Waals surface area contributed by atoms with E-state index < -0.39 is 12.0 Å². The smallest absolute Gasteiger partial charge is 0.321 e. The Morgan fingerprint density at radius 3 is 3.00 bits per heavy atom. The van der Waals surface area contributed by atoms with Crippen molar-refractivity contribution in [2.45, 2.75) is 24.8 Å². The van der Waals surface area contributed by atoms with Gasteiger partial charge in [0.15, 0.2) is 0 Å². The highest BCUT2D eigenvalue weighted by atomic mass is 79.9. The molecule has 0 aliphatic carbocycles. The number of hydrogen-bond acceptors (Lipinski definition) is 4. The Labute approximate surface area is 111 Å². The summed E-state index contributed by atoms with van der Waals surface area (Å²) >= 11 is 6.93. The Balaban J connectivity index is 2.11. The molecule has 1 saturated heterocycles. The van der Waals surface area contributed by atoms with Gasteiger partial charge in [-0.05, 0) is 28.4 Å². The summed E-state index contributed by atoms with van der Waals surface area (Å²) in [5.74, 6) is -0.127. The zero-order valence-electron chi connectivity index (χ0n) is 8.70. The minimum absolute atomic E-state index is 0.127. The van der Waals surface area contributed by atoms with Crippen molar-refractivity contribution in [3.05, 3.63) is 20.3 Å². The maximum absolute atomic E-state index is 10.8. The van der Waals surface area contributed by atoms with E-state index >= 15 is 0 Å². The van der Waals surface area contributed by atoms with Gasteiger partial charge >= 0.3 is 5.97 Å². The van der Waals surface area contributed by atoms with Crippen molar-refractivity contribution in [3.63, 3.8) is 0 Å². The van der Waals surface area contributed by atoms with Gasteiger partial charge in [0.1, 0.15) is 6.04 Å². The van der Waals surface area contributed by atoms with E-state index in [1.54, 1.807) is 23.1 Å². The van der Waals surface area contributed by atoms with Crippen molar-refractivity contribution in [3.8, 4) is 0 Å². The number of aliphatic carboxylic acids is 1. The highest BCUT2D eigenvalue weighted by molar-refractivity contribution is 9.10. The third kappa shape index (κ3) is 2.45. The molecule has 2 atom stereocenters. The van der Waals surface area contributed by atoms with Crippen LogP contribution in [0.4, 0.5) is 0 Å². The van der Waals surface area contributed by atoms with E-state index in [2.05, 4.69) is 34.2 Å². The largest absolute Gasteiger partial charge is 0.480 e. The number of thioether (sulfide) groups is 1. The first-order valence-electron chi connectivity index (χ1n) is 5.00. The second-order valence-corrected chi connectivity index (χ2v) is 6.71. The third-order valence-corrected chi connectivity index (χ3v) is 6.15. The quantitative estimate of drug-likeness (QED) is 0.898. The second kappa shape index (κ2) is 5.08. The number of thiophene rings is 1. The van der Waals surface area contributed by atoms with Gasteiger partial charge in [-0.3, -0.25) is 10.1 Å². The van der Waals surface area contributed by atoms with Gasteiger partial charge in [-0.2, -0.15) is 0 Å². The van der Waals surface area contributed by atoms with Crippen molar-refractivity contribution in [1.29, 1.82) is 0 Å². The molecule has 1 aromatic heterocycles. The lowest BCUT2D eigenvalue weighted by molar-refractivity contribution is -0.138. The van der Waals surface area contributed by atoms with Crippen LogP contribution in [0.2, 0.25) is 0 Å². The van der Waals surface area contributed by atoms with Gasteiger partial charge in [0, 0.05) is 20.0 Å². The fourth-order valence-corrected chi connectivity index (χ4v) is 4.90. The molecule has 1 fully saturated rings. The Hall–Kier alpha value is -0.0400. The van der Waals surface area contributed by atoms with E-state index in [0.717, 1.165) is 10.9 Å². The van der Waals surface area contributed by atoms with Crippen LogP contribution < -0.4 is 5.32 Å². The maximum Gasteiger partial charge on any atom is 0.321 e. The van der Waals surface area contributed by atoms with Crippen molar-refractivity contribution in [1.82, 2.24) is 5.32 Å². The average molecular weight is 322 g/mol. The lowest BCUT2D eigenvalue weighted by atomic mass is 10.3. The van der Waals surface area contributed by atoms with Crippen molar-refractivity contribution < 1.29 is 9.90 Å². The van der Waals surface area contributed by atoms with Crippen LogP contribution in [0.25, 0.3) is 0 Å². The van der Waals surface area contributed by atoms with Gasteiger partial charge in [-0.1, -0.05) is 6.92 Å². The summed E-state index contributed by atoms with van der Waals surface area (Å²) in [4.78, 5) is 13.3. The minimum atomic E-state index is -0.763. The lowest BCUT2D eigenvalue weighted by Gasteiger charge is -2.07. The normalized spacial score (nSPS) is 24.9. The fraction of sp³-hybridized carbons (Fsp3) is 0.500. The molecule has 0 bridgehead atoms. The van der Waals surface area contributed by atoms with Crippen LogP contribution in [-0.2, 0) is 11.2 Å². The maximum atomic E-state index is 10.8. The third-order valence-electron chi connectivity index (χ3n) is 2.44. The molecule has 0 unspecified atom stereocenters. The summed E-state index contributed by atoms with van der Waals surface area (Å²) in [5, 5.41) is 12.2. The lowest BCUT2D eigenvalue weighted by Crippen LogP contribution is -2.33. The zero-order chi connectivity index (χ0) is 11.7. The van der Waals surface area contributed by atoms with Crippen LogP contribution in [0.3, 0.4) is 0 Å². The molecule has 16 heavy (non-hydrogen) atoms. The highest BCUT2D eigenvalue weighted by Gasteiger charge is 2.31. The Kier molecular flexibility index (Phi) is 3.94.